The second kappa shape index (κ2) is 11.8. The molecule has 4 N–H and O–H groups in total. The minimum Gasteiger partial charge on any atom is -0.389 e. The maximum Gasteiger partial charge on any atom is 0.223 e. The van der Waals surface area contributed by atoms with Crippen molar-refractivity contribution in [3.63, 3.8) is 0 Å². The maximum atomic E-state index is 10.1. The molecule has 0 aliphatic heterocycles. The van der Waals surface area contributed by atoms with Gasteiger partial charge in [-0.05, 0) is 44.2 Å². The first kappa shape index (κ1) is 25.4. The van der Waals surface area contributed by atoms with E-state index in [9.17, 15) is 10.4 Å². The molecular weight excluding hydrogens is 444 g/mol. The summed E-state index contributed by atoms with van der Waals surface area (Å²) in [5.74, 6) is 5.96. The number of hydrogen-bond acceptors (Lipinski definition) is 10. The molecule has 180 valence electrons. The fraction of sp³-hybridized carbons (Fsp3) is 0.280. The minimum absolute atomic E-state index is 0.223. The summed E-state index contributed by atoms with van der Waals surface area (Å²) in [6.45, 7) is 4.32. The molecule has 2 heterocycles. The standard InChI is InChI=1S/C25H28N8O2/c1-25(2,34)16-29-24-31-21(18-7-4-6-17(10-18)12-26)11-22(32-24)23(33-27)14-28-13-19-8-5-9-20(30-19)15-35-3/h4-11,14,34H,13,15-16,27H2,1-3H3,(H,29,31,32)/b28-14?,33-23+. The SMILES string of the molecule is COCc1cccc(CN=C/C(=N\N)c2cc(-c3cccc(C#N)c3)nc(NCC(C)(C)O)n2)n1. The van der Waals surface area contributed by atoms with E-state index in [0.717, 1.165) is 17.0 Å². The highest BCUT2D eigenvalue weighted by molar-refractivity contribution is 6.37. The lowest BCUT2D eigenvalue weighted by molar-refractivity contribution is 0.0943. The van der Waals surface area contributed by atoms with Crippen molar-refractivity contribution in [3.05, 3.63) is 71.2 Å². The number of nitrogens with zero attached hydrogens (tertiary/aromatic N) is 6. The van der Waals surface area contributed by atoms with Crippen molar-refractivity contribution in [2.75, 3.05) is 19.0 Å². The first-order valence-corrected chi connectivity index (χ1v) is 10.9. The number of aliphatic imine (C=N–C) groups is 1. The number of hydrazone groups is 1. The third-order valence-corrected chi connectivity index (χ3v) is 4.72. The zero-order chi connectivity index (χ0) is 25.3. The van der Waals surface area contributed by atoms with Crippen LogP contribution in [0.2, 0.25) is 0 Å². The van der Waals surface area contributed by atoms with Crippen LogP contribution in [0.3, 0.4) is 0 Å². The molecule has 0 unspecified atom stereocenters. The number of methoxy groups -OCH3 is 1. The number of rotatable bonds is 10. The van der Waals surface area contributed by atoms with Gasteiger partial charge in [0.1, 0.15) is 5.71 Å². The van der Waals surface area contributed by atoms with E-state index in [1.807, 2.05) is 24.3 Å². The Kier molecular flexibility index (Phi) is 8.56. The molecule has 0 saturated carbocycles. The molecule has 0 fully saturated rings. The van der Waals surface area contributed by atoms with E-state index < -0.39 is 5.60 Å². The summed E-state index contributed by atoms with van der Waals surface area (Å²) in [5, 5.41) is 26.3. The van der Waals surface area contributed by atoms with E-state index in [1.54, 1.807) is 45.2 Å². The van der Waals surface area contributed by atoms with Crippen molar-refractivity contribution in [1.29, 1.82) is 5.26 Å². The molecule has 10 nitrogen and oxygen atoms in total. The van der Waals surface area contributed by atoms with Crippen LogP contribution in [0.15, 0.2) is 58.6 Å². The van der Waals surface area contributed by atoms with Gasteiger partial charge >= 0.3 is 0 Å². The monoisotopic (exact) mass is 472 g/mol. The highest BCUT2D eigenvalue weighted by Crippen LogP contribution is 2.21. The van der Waals surface area contributed by atoms with Gasteiger partial charge in [0, 0.05) is 19.2 Å². The molecule has 0 aliphatic carbocycles. The molecular formula is C25H28N8O2. The van der Waals surface area contributed by atoms with Crippen molar-refractivity contribution >= 4 is 17.9 Å². The van der Waals surface area contributed by atoms with Crippen LogP contribution in [-0.2, 0) is 17.9 Å². The Bertz CT molecular complexity index is 1260. The average molecular weight is 473 g/mol. The number of benzene rings is 1. The number of nitrogens with one attached hydrogen (secondary N) is 1. The Hall–Kier alpha value is -4.20. The predicted molar refractivity (Wildman–Crippen MR) is 135 cm³/mol. The second-order valence-electron chi connectivity index (χ2n) is 8.36. The summed E-state index contributed by atoms with van der Waals surface area (Å²) in [4.78, 5) is 18.0. The number of nitriles is 1. The smallest absolute Gasteiger partial charge is 0.223 e. The molecule has 1 aromatic carbocycles. The van der Waals surface area contributed by atoms with Gasteiger partial charge in [-0.2, -0.15) is 10.4 Å². The lowest BCUT2D eigenvalue weighted by Crippen LogP contribution is -2.30. The van der Waals surface area contributed by atoms with Crippen molar-refractivity contribution in [1.82, 2.24) is 15.0 Å². The van der Waals surface area contributed by atoms with Gasteiger partial charge in [-0.25, -0.2) is 9.97 Å². The molecule has 0 amide bonds. The summed E-state index contributed by atoms with van der Waals surface area (Å²) < 4.78 is 5.12. The van der Waals surface area contributed by atoms with Crippen LogP contribution in [-0.4, -0.2) is 51.2 Å². The van der Waals surface area contributed by atoms with Gasteiger partial charge in [0.05, 0.1) is 59.4 Å². The van der Waals surface area contributed by atoms with Gasteiger partial charge in [0.2, 0.25) is 5.95 Å². The van der Waals surface area contributed by atoms with Gasteiger partial charge < -0.3 is 21.0 Å². The van der Waals surface area contributed by atoms with Gasteiger partial charge in [-0.15, -0.1) is 0 Å². The summed E-state index contributed by atoms with van der Waals surface area (Å²) in [6, 6.07) is 16.6. The number of pyridine rings is 1. The lowest BCUT2D eigenvalue weighted by atomic mass is 10.1. The Balaban J connectivity index is 1.91. The number of aromatic nitrogens is 3. The zero-order valence-corrected chi connectivity index (χ0v) is 19.9. The molecule has 0 saturated heterocycles. The quantitative estimate of drug-likeness (QED) is 0.231. The maximum absolute atomic E-state index is 10.1. The van der Waals surface area contributed by atoms with Crippen molar-refractivity contribution in [3.8, 4) is 17.3 Å². The first-order valence-electron chi connectivity index (χ1n) is 10.9. The highest BCUT2D eigenvalue weighted by atomic mass is 16.5. The number of anilines is 1. The summed E-state index contributed by atoms with van der Waals surface area (Å²) in [5.41, 5.74) is 3.18. The number of aliphatic hydroxyl groups is 1. The minimum atomic E-state index is -0.975. The third-order valence-electron chi connectivity index (χ3n) is 4.72. The molecule has 0 aliphatic rings. The lowest BCUT2D eigenvalue weighted by Gasteiger charge is -2.18. The normalized spacial score (nSPS) is 12.0. The molecule has 0 bridgehead atoms. The predicted octanol–water partition coefficient (Wildman–Crippen LogP) is 2.67. The Morgan fingerprint density at radius 2 is 1.94 bits per heavy atom. The first-order chi connectivity index (χ1) is 16.8. The fourth-order valence-corrected chi connectivity index (χ4v) is 3.09. The molecule has 0 radical (unpaired) electrons. The second-order valence-corrected chi connectivity index (χ2v) is 8.36. The van der Waals surface area contributed by atoms with E-state index in [4.69, 9.17) is 10.6 Å². The number of hydrogen-bond donors (Lipinski definition) is 3. The largest absolute Gasteiger partial charge is 0.389 e. The summed E-state index contributed by atoms with van der Waals surface area (Å²) in [7, 11) is 1.62. The molecule has 3 rings (SSSR count). The van der Waals surface area contributed by atoms with Crippen LogP contribution in [0.25, 0.3) is 11.3 Å². The van der Waals surface area contributed by atoms with Gasteiger partial charge in [0.15, 0.2) is 0 Å². The van der Waals surface area contributed by atoms with Gasteiger partial charge in [-0.1, -0.05) is 18.2 Å². The molecule has 0 spiro atoms. The fourth-order valence-electron chi connectivity index (χ4n) is 3.09. The molecule has 0 atom stereocenters. The molecule has 2 aromatic heterocycles. The topological polar surface area (TPSA) is 155 Å². The third kappa shape index (κ3) is 7.67. The van der Waals surface area contributed by atoms with Crippen LogP contribution < -0.4 is 11.2 Å². The van der Waals surface area contributed by atoms with Crippen LogP contribution in [0.1, 0.15) is 36.5 Å². The van der Waals surface area contributed by atoms with Crippen LogP contribution in [0, 0.1) is 11.3 Å². The average Bonchev–Trinajstić information content (AvgIpc) is 2.85. The van der Waals surface area contributed by atoms with Crippen molar-refractivity contribution in [2.45, 2.75) is 32.6 Å². The molecule has 3 aromatic rings. The number of nitrogens with two attached hydrogens (primary N) is 1. The molecule has 35 heavy (non-hydrogen) atoms. The van der Waals surface area contributed by atoms with Gasteiger partial charge in [0.25, 0.3) is 0 Å². The van der Waals surface area contributed by atoms with E-state index in [0.29, 0.717) is 35.8 Å². The number of ether oxygens (including phenoxy) is 1. The van der Waals surface area contributed by atoms with E-state index in [1.165, 1.54) is 6.21 Å². The van der Waals surface area contributed by atoms with Crippen molar-refractivity contribution < 1.29 is 9.84 Å². The van der Waals surface area contributed by atoms with Crippen LogP contribution in [0.5, 0.6) is 0 Å². The summed E-state index contributed by atoms with van der Waals surface area (Å²) >= 11 is 0. The Labute approximate surface area is 204 Å². The molecule has 10 heteroatoms. The zero-order valence-electron chi connectivity index (χ0n) is 19.9. The van der Waals surface area contributed by atoms with E-state index in [2.05, 4.69) is 36.4 Å². The van der Waals surface area contributed by atoms with E-state index >= 15 is 0 Å². The Morgan fingerprint density at radius 3 is 2.66 bits per heavy atom. The van der Waals surface area contributed by atoms with Crippen LogP contribution >= 0.6 is 0 Å². The highest BCUT2D eigenvalue weighted by Gasteiger charge is 2.15. The van der Waals surface area contributed by atoms with Crippen LogP contribution in [0.4, 0.5) is 5.95 Å². The Morgan fingerprint density at radius 1 is 1.17 bits per heavy atom. The van der Waals surface area contributed by atoms with E-state index in [-0.39, 0.29) is 12.5 Å². The summed E-state index contributed by atoms with van der Waals surface area (Å²) in [6.07, 6.45) is 1.53. The van der Waals surface area contributed by atoms with Gasteiger partial charge in [-0.3, -0.25) is 9.98 Å². The van der Waals surface area contributed by atoms with Crippen molar-refractivity contribution in [2.24, 2.45) is 15.9 Å².